The van der Waals surface area contributed by atoms with Crippen LogP contribution in [-0.2, 0) is 23.8 Å². The monoisotopic (exact) mass is 372 g/mol. The van der Waals surface area contributed by atoms with Crippen molar-refractivity contribution in [3.8, 4) is 0 Å². The number of ether oxygens (including phenoxy) is 2. The molecule has 9 heteroatoms. The Morgan fingerprint density at radius 2 is 1.92 bits per heavy atom. The summed E-state index contributed by atoms with van der Waals surface area (Å²) in [4.78, 5) is 0. The van der Waals surface area contributed by atoms with E-state index in [0.29, 0.717) is 19.6 Å². The minimum atomic E-state index is -5.61. The maximum Gasteiger partial charge on any atom is 0.534 e. The highest BCUT2D eigenvalue weighted by atomic mass is 32.2. The van der Waals surface area contributed by atoms with Gasteiger partial charge in [0.05, 0.1) is 6.10 Å². The summed E-state index contributed by atoms with van der Waals surface area (Å²) in [6.07, 6.45) is 6.14. The molecule has 1 spiro atoms. The highest BCUT2D eigenvalue weighted by Crippen LogP contribution is 2.49. The third kappa shape index (κ3) is 4.43. The predicted molar refractivity (Wildman–Crippen MR) is 80.5 cm³/mol. The van der Waals surface area contributed by atoms with Gasteiger partial charge in [-0.2, -0.15) is 21.6 Å². The Hall–Kier alpha value is -0.800. The number of hydrogen-bond donors (Lipinski definition) is 0. The molecule has 0 bridgehead atoms. The van der Waals surface area contributed by atoms with E-state index in [4.69, 9.17) is 9.47 Å². The number of methoxy groups -OCH3 is 1. The van der Waals surface area contributed by atoms with Gasteiger partial charge in [-0.15, -0.1) is 0 Å². The van der Waals surface area contributed by atoms with Crippen LogP contribution >= 0.6 is 0 Å². The first-order valence-electron chi connectivity index (χ1n) is 8.03. The van der Waals surface area contributed by atoms with E-state index in [9.17, 15) is 21.6 Å². The molecule has 1 fully saturated rings. The van der Waals surface area contributed by atoms with E-state index < -0.39 is 21.0 Å². The first kappa shape index (κ1) is 19.5. The summed E-state index contributed by atoms with van der Waals surface area (Å²) in [6, 6.07) is 0. The Balaban J connectivity index is 2.10. The van der Waals surface area contributed by atoms with E-state index in [1.807, 2.05) is 0 Å². The van der Waals surface area contributed by atoms with Crippen LogP contribution in [-0.4, -0.2) is 40.4 Å². The normalized spacial score (nSPS) is 24.2. The molecule has 0 aromatic rings. The average molecular weight is 372 g/mol. The summed E-state index contributed by atoms with van der Waals surface area (Å²) in [5, 5.41) is 0. The molecule has 0 radical (unpaired) electrons. The SMILES string of the molecule is COCCCOC1CCC(OS(=O)(=O)C(F)(F)F)=CC12CCCC2. The summed E-state index contributed by atoms with van der Waals surface area (Å²) < 4.78 is 75.2. The zero-order chi connectivity index (χ0) is 17.8. The highest BCUT2D eigenvalue weighted by Gasteiger charge is 2.50. The minimum absolute atomic E-state index is 0.117. The zero-order valence-electron chi connectivity index (χ0n) is 13.6. The molecule has 2 aliphatic carbocycles. The van der Waals surface area contributed by atoms with Crippen LogP contribution < -0.4 is 0 Å². The van der Waals surface area contributed by atoms with Gasteiger partial charge in [-0.05, 0) is 31.8 Å². The first-order chi connectivity index (χ1) is 11.2. The van der Waals surface area contributed by atoms with E-state index in [0.717, 1.165) is 32.1 Å². The van der Waals surface area contributed by atoms with Crippen LogP contribution in [0, 0.1) is 5.41 Å². The Kier molecular flexibility index (Phi) is 6.19. The molecule has 2 rings (SSSR count). The van der Waals surface area contributed by atoms with Crippen molar-refractivity contribution in [2.24, 2.45) is 5.41 Å². The molecule has 1 saturated carbocycles. The van der Waals surface area contributed by atoms with Gasteiger partial charge in [-0.3, -0.25) is 0 Å². The predicted octanol–water partition coefficient (Wildman–Crippen LogP) is 3.51. The largest absolute Gasteiger partial charge is 0.534 e. The van der Waals surface area contributed by atoms with Crippen molar-refractivity contribution in [2.45, 2.75) is 56.6 Å². The van der Waals surface area contributed by atoms with Crippen molar-refractivity contribution in [3.05, 3.63) is 11.8 Å². The van der Waals surface area contributed by atoms with E-state index >= 15 is 0 Å². The second kappa shape index (κ2) is 7.61. The molecule has 2 aliphatic rings. The number of hydrogen-bond acceptors (Lipinski definition) is 5. The molecule has 1 unspecified atom stereocenters. The summed E-state index contributed by atoms with van der Waals surface area (Å²) in [7, 11) is -4.01. The van der Waals surface area contributed by atoms with Crippen LogP contribution in [0.1, 0.15) is 44.9 Å². The van der Waals surface area contributed by atoms with Crippen LogP contribution in [0.15, 0.2) is 11.8 Å². The number of halogens is 3. The Morgan fingerprint density at radius 1 is 1.25 bits per heavy atom. The van der Waals surface area contributed by atoms with Crippen molar-refractivity contribution in [2.75, 3.05) is 20.3 Å². The van der Waals surface area contributed by atoms with Gasteiger partial charge in [0.1, 0.15) is 5.76 Å². The average Bonchev–Trinajstić information content (AvgIpc) is 2.93. The smallest absolute Gasteiger partial charge is 0.385 e. The van der Waals surface area contributed by atoms with Crippen molar-refractivity contribution in [3.63, 3.8) is 0 Å². The van der Waals surface area contributed by atoms with Crippen LogP contribution in [0.3, 0.4) is 0 Å². The van der Waals surface area contributed by atoms with E-state index in [1.54, 1.807) is 13.2 Å². The molecule has 0 amide bonds. The minimum Gasteiger partial charge on any atom is -0.385 e. The van der Waals surface area contributed by atoms with Crippen LogP contribution in [0.25, 0.3) is 0 Å². The van der Waals surface area contributed by atoms with Gasteiger partial charge in [0.2, 0.25) is 0 Å². The van der Waals surface area contributed by atoms with Crippen LogP contribution in [0.2, 0.25) is 0 Å². The first-order valence-corrected chi connectivity index (χ1v) is 9.44. The molecule has 0 aromatic carbocycles. The fraction of sp³-hybridized carbons (Fsp3) is 0.867. The summed E-state index contributed by atoms with van der Waals surface area (Å²) in [6.45, 7) is 1.08. The molecule has 0 saturated heterocycles. The van der Waals surface area contributed by atoms with E-state index in [1.165, 1.54) is 0 Å². The molecular formula is C15H23F3O5S. The van der Waals surface area contributed by atoms with Gasteiger partial charge in [0.25, 0.3) is 0 Å². The molecule has 0 aromatic heterocycles. The van der Waals surface area contributed by atoms with Gasteiger partial charge in [-0.25, -0.2) is 0 Å². The number of allylic oxidation sites excluding steroid dienone is 1. The lowest BCUT2D eigenvalue weighted by Crippen LogP contribution is -2.38. The fourth-order valence-electron chi connectivity index (χ4n) is 3.48. The van der Waals surface area contributed by atoms with Gasteiger partial charge in [0, 0.05) is 32.2 Å². The lowest BCUT2D eigenvalue weighted by Gasteiger charge is -2.39. The van der Waals surface area contributed by atoms with Crippen molar-refractivity contribution >= 4 is 10.1 Å². The molecule has 140 valence electrons. The van der Waals surface area contributed by atoms with Gasteiger partial charge < -0.3 is 13.7 Å². The van der Waals surface area contributed by atoms with Crippen molar-refractivity contribution in [1.29, 1.82) is 0 Å². The van der Waals surface area contributed by atoms with Crippen LogP contribution in [0.5, 0.6) is 0 Å². The molecule has 0 aliphatic heterocycles. The van der Waals surface area contributed by atoms with Crippen LogP contribution in [0.4, 0.5) is 13.2 Å². The maximum absolute atomic E-state index is 12.5. The summed E-state index contributed by atoms with van der Waals surface area (Å²) in [5.41, 5.74) is -5.84. The number of alkyl halides is 3. The quantitative estimate of drug-likeness (QED) is 0.389. The molecule has 0 heterocycles. The van der Waals surface area contributed by atoms with Crippen molar-refractivity contribution < 1.29 is 35.2 Å². The topological polar surface area (TPSA) is 61.8 Å². The Labute approximate surface area is 140 Å². The third-order valence-electron chi connectivity index (χ3n) is 4.59. The highest BCUT2D eigenvalue weighted by molar-refractivity contribution is 7.87. The molecule has 1 atom stereocenters. The van der Waals surface area contributed by atoms with Crippen molar-refractivity contribution in [1.82, 2.24) is 0 Å². The zero-order valence-corrected chi connectivity index (χ0v) is 14.4. The van der Waals surface area contributed by atoms with Gasteiger partial charge in [0.15, 0.2) is 0 Å². The Morgan fingerprint density at radius 3 is 2.50 bits per heavy atom. The maximum atomic E-state index is 12.5. The van der Waals surface area contributed by atoms with Gasteiger partial charge in [-0.1, -0.05) is 12.8 Å². The molecular weight excluding hydrogens is 349 g/mol. The molecule has 0 N–H and O–H groups in total. The summed E-state index contributed by atoms with van der Waals surface area (Å²) >= 11 is 0. The number of rotatable bonds is 7. The fourth-order valence-corrected chi connectivity index (χ4v) is 3.99. The third-order valence-corrected chi connectivity index (χ3v) is 5.59. The standard InChI is InChI=1S/C15H23F3O5S/c1-21-9-4-10-22-13-6-5-12(11-14(13)7-2-3-8-14)23-24(19,20)15(16,17)18/h11,13H,2-10H2,1H3. The second-order valence-electron chi connectivity index (χ2n) is 6.28. The summed E-state index contributed by atoms with van der Waals surface area (Å²) in [5.74, 6) is -0.119. The van der Waals surface area contributed by atoms with E-state index in [-0.39, 0.29) is 18.3 Å². The lowest BCUT2D eigenvalue weighted by atomic mass is 9.74. The lowest BCUT2D eigenvalue weighted by molar-refractivity contribution is -0.0547. The van der Waals surface area contributed by atoms with Gasteiger partial charge >= 0.3 is 15.6 Å². The Bertz CT molecular complexity index is 550. The second-order valence-corrected chi connectivity index (χ2v) is 7.82. The molecule has 5 nitrogen and oxygen atoms in total. The van der Waals surface area contributed by atoms with E-state index in [2.05, 4.69) is 4.18 Å². The molecule has 24 heavy (non-hydrogen) atoms.